The summed E-state index contributed by atoms with van der Waals surface area (Å²) < 4.78 is 0. The summed E-state index contributed by atoms with van der Waals surface area (Å²) in [6, 6.07) is 22.0. The molecule has 7 heteroatoms. The third kappa shape index (κ3) is 5.26. The monoisotopic (exact) mass is 462 g/mol. The summed E-state index contributed by atoms with van der Waals surface area (Å²) in [6.45, 7) is 0.806. The molecule has 0 spiro atoms. The lowest BCUT2D eigenvalue weighted by molar-refractivity contribution is 0.102. The lowest BCUT2D eigenvalue weighted by atomic mass is 10.0. The number of benzene rings is 2. The highest BCUT2D eigenvalue weighted by Gasteiger charge is 2.16. The molecule has 5 aromatic rings. The molecule has 7 nitrogen and oxygen atoms in total. The third-order valence-electron chi connectivity index (χ3n) is 5.72. The van der Waals surface area contributed by atoms with Gasteiger partial charge in [0, 0.05) is 42.0 Å². The quantitative estimate of drug-likeness (QED) is 0.358. The first-order valence-electron chi connectivity index (χ1n) is 11.4. The normalized spacial score (nSPS) is 11.2. The number of carbonyl (C=O) groups is 1. The van der Waals surface area contributed by atoms with E-state index in [1.807, 2.05) is 75.0 Å². The first kappa shape index (κ1) is 22.4. The zero-order valence-corrected chi connectivity index (χ0v) is 19.7. The van der Waals surface area contributed by atoms with Crippen LogP contribution in [0.15, 0.2) is 85.3 Å². The highest BCUT2D eigenvalue weighted by molar-refractivity contribution is 6.11. The molecule has 0 atom stereocenters. The Morgan fingerprint density at radius 3 is 2.54 bits per heavy atom. The average molecular weight is 463 g/mol. The van der Waals surface area contributed by atoms with E-state index in [0.717, 1.165) is 46.3 Å². The lowest BCUT2D eigenvalue weighted by Crippen LogP contribution is -2.13. The van der Waals surface area contributed by atoms with E-state index < -0.39 is 0 Å². The number of aromatic amines is 1. The molecule has 0 aliphatic rings. The Hall–Kier alpha value is -4.36. The van der Waals surface area contributed by atoms with Crippen LogP contribution in [0.25, 0.3) is 22.0 Å². The molecule has 5 rings (SSSR count). The van der Waals surface area contributed by atoms with Gasteiger partial charge >= 0.3 is 0 Å². The van der Waals surface area contributed by atoms with Crippen LogP contribution in [-0.2, 0) is 13.0 Å². The van der Waals surface area contributed by atoms with E-state index in [-0.39, 0.29) is 5.91 Å². The fourth-order valence-electron chi connectivity index (χ4n) is 4.06. The van der Waals surface area contributed by atoms with Gasteiger partial charge in [-0.1, -0.05) is 36.4 Å². The van der Waals surface area contributed by atoms with E-state index in [9.17, 15) is 4.79 Å². The van der Waals surface area contributed by atoms with Crippen LogP contribution >= 0.6 is 0 Å². The molecule has 35 heavy (non-hydrogen) atoms. The molecule has 2 aromatic carbocycles. The van der Waals surface area contributed by atoms with Gasteiger partial charge in [0.25, 0.3) is 5.91 Å². The fraction of sp³-hybridized carbons (Fsp3) is 0.143. The molecule has 0 radical (unpaired) electrons. The van der Waals surface area contributed by atoms with Crippen molar-refractivity contribution in [1.29, 1.82) is 0 Å². The SMILES string of the molecule is CN(C)Cc1cncc(-c2ccc3[nH]nc(C(=O)Nc4ccc(Cc5ccccc5)nc4)c3c2)c1. The first-order valence-corrected chi connectivity index (χ1v) is 11.4. The number of pyridine rings is 2. The van der Waals surface area contributed by atoms with Crippen LogP contribution in [0.2, 0.25) is 0 Å². The van der Waals surface area contributed by atoms with E-state index in [1.165, 1.54) is 5.56 Å². The number of rotatable bonds is 7. The fourth-order valence-corrected chi connectivity index (χ4v) is 4.06. The minimum Gasteiger partial charge on any atom is -0.319 e. The van der Waals surface area contributed by atoms with Gasteiger partial charge < -0.3 is 10.2 Å². The smallest absolute Gasteiger partial charge is 0.276 e. The maximum absolute atomic E-state index is 13.0. The topological polar surface area (TPSA) is 86.8 Å². The molecule has 0 bridgehead atoms. The molecule has 3 heterocycles. The number of H-pyrrole nitrogens is 1. The Morgan fingerprint density at radius 1 is 0.914 bits per heavy atom. The second kappa shape index (κ2) is 9.87. The highest BCUT2D eigenvalue weighted by Crippen LogP contribution is 2.26. The summed E-state index contributed by atoms with van der Waals surface area (Å²) in [5.41, 5.74) is 7.00. The highest BCUT2D eigenvalue weighted by atomic mass is 16.1. The predicted octanol–water partition coefficient (Wildman–Crippen LogP) is 4.92. The minimum absolute atomic E-state index is 0.287. The molecule has 2 N–H and O–H groups in total. The number of carbonyl (C=O) groups excluding carboxylic acids is 1. The molecule has 0 aliphatic heterocycles. The van der Waals surface area contributed by atoms with Crippen LogP contribution in [0.1, 0.15) is 27.3 Å². The van der Waals surface area contributed by atoms with Gasteiger partial charge in [-0.2, -0.15) is 5.10 Å². The number of nitrogens with zero attached hydrogens (tertiary/aromatic N) is 4. The van der Waals surface area contributed by atoms with Crippen LogP contribution in [-0.4, -0.2) is 45.1 Å². The van der Waals surface area contributed by atoms with Gasteiger partial charge in [-0.3, -0.25) is 19.9 Å². The number of amides is 1. The molecule has 0 unspecified atom stereocenters. The van der Waals surface area contributed by atoms with Crippen LogP contribution in [0.5, 0.6) is 0 Å². The Labute approximate surface area is 203 Å². The molecule has 1 amide bonds. The number of fused-ring (bicyclic) bond motifs is 1. The van der Waals surface area contributed by atoms with Crippen molar-refractivity contribution in [3.63, 3.8) is 0 Å². The average Bonchev–Trinajstić information content (AvgIpc) is 3.29. The predicted molar refractivity (Wildman–Crippen MR) is 138 cm³/mol. The van der Waals surface area contributed by atoms with Crippen molar-refractivity contribution in [3.05, 3.63) is 108 Å². The van der Waals surface area contributed by atoms with Gasteiger partial charge in [-0.15, -0.1) is 0 Å². The van der Waals surface area contributed by atoms with E-state index in [1.54, 1.807) is 6.20 Å². The zero-order valence-electron chi connectivity index (χ0n) is 19.7. The number of anilines is 1. The van der Waals surface area contributed by atoms with E-state index >= 15 is 0 Å². The largest absolute Gasteiger partial charge is 0.319 e. The number of hydrogen-bond donors (Lipinski definition) is 2. The van der Waals surface area contributed by atoms with E-state index in [2.05, 4.69) is 48.6 Å². The Balaban J connectivity index is 1.35. The second-order valence-corrected chi connectivity index (χ2v) is 8.81. The van der Waals surface area contributed by atoms with Gasteiger partial charge in [0.05, 0.1) is 17.4 Å². The number of hydrogen-bond acceptors (Lipinski definition) is 5. The van der Waals surface area contributed by atoms with Crippen molar-refractivity contribution in [1.82, 2.24) is 25.1 Å². The van der Waals surface area contributed by atoms with Crippen LogP contribution in [0.4, 0.5) is 5.69 Å². The molecule has 0 aliphatic carbocycles. The summed E-state index contributed by atoms with van der Waals surface area (Å²) >= 11 is 0. The summed E-state index contributed by atoms with van der Waals surface area (Å²) in [4.78, 5) is 24.0. The van der Waals surface area contributed by atoms with Crippen molar-refractivity contribution < 1.29 is 4.79 Å². The molecule has 174 valence electrons. The van der Waals surface area contributed by atoms with Gasteiger partial charge in [0.2, 0.25) is 0 Å². The Morgan fingerprint density at radius 2 is 1.77 bits per heavy atom. The van der Waals surface area contributed by atoms with Crippen molar-refractivity contribution >= 4 is 22.5 Å². The third-order valence-corrected chi connectivity index (χ3v) is 5.72. The minimum atomic E-state index is -0.287. The molecular weight excluding hydrogens is 436 g/mol. The van der Waals surface area contributed by atoms with Crippen LogP contribution in [0.3, 0.4) is 0 Å². The van der Waals surface area contributed by atoms with Crippen molar-refractivity contribution in [3.8, 4) is 11.1 Å². The van der Waals surface area contributed by atoms with Gasteiger partial charge in [0.15, 0.2) is 5.69 Å². The molecule has 0 fully saturated rings. The van der Waals surface area contributed by atoms with E-state index in [4.69, 9.17) is 0 Å². The van der Waals surface area contributed by atoms with Gasteiger partial charge in [-0.05, 0) is 61.1 Å². The standard InChI is InChI=1S/C28H26N6O/c1-34(2)18-20-12-22(16-29-15-20)21-8-11-26-25(14-21)27(33-32-26)28(35)31-24-10-9-23(30-17-24)13-19-6-4-3-5-7-19/h3-12,14-17H,13,18H2,1-2H3,(H,31,35)(H,32,33). The van der Waals surface area contributed by atoms with Crippen molar-refractivity contribution in [2.75, 3.05) is 19.4 Å². The lowest BCUT2D eigenvalue weighted by Gasteiger charge is -2.10. The zero-order chi connectivity index (χ0) is 24.2. The van der Waals surface area contributed by atoms with Gasteiger partial charge in [0.1, 0.15) is 0 Å². The molecule has 3 aromatic heterocycles. The second-order valence-electron chi connectivity index (χ2n) is 8.81. The summed E-state index contributed by atoms with van der Waals surface area (Å²) in [6.07, 6.45) is 6.13. The van der Waals surface area contributed by atoms with Crippen LogP contribution < -0.4 is 5.32 Å². The maximum atomic E-state index is 13.0. The van der Waals surface area contributed by atoms with Gasteiger partial charge in [-0.25, -0.2) is 0 Å². The van der Waals surface area contributed by atoms with Crippen molar-refractivity contribution in [2.45, 2.75) is 13.0 Å². The maximum Gasteiger partial charge on any atom is 0.276 e. The Bertz CT molecular complexity index is 1460. The Kier molecular flexibility index (Phi) is 6.32. The molecule has 0 saturated heterocycles. The molecular formula is C28H26N6O. The van der Waals surface area contributed by atoms with E-state index in [0.29, 0.717) is 11.4 Å². The summed E-state index contributed by atoms with van der Waals surface area (Å²) in [5.74, 6) is -0.287. The van der Waals surface area contributed by atoms with Crippen LogP contribution in [0, 0.1) is 0 Å². The number of aromatic nitrogens is 4. The summed E-state index contributed by atoms with van der Waals surface area (Å²) in [5, 5.41) is 10.9. The molecule has 0 saturated carbocycles. The van der Waals surface area contributed by atoms with Crippen molar-refractivity contribution in [2.24, 2.45) is 0 Å². The number of nitrogens with one attached hydrogen (secondary N) is 2. The first-order chi connectivity index (χ1) is 17.0. The summed E-state index contributed by atoms with van der Waals surface area (Å²) in [7, 11) is 4.06.